The molecule has 1 aliphatic heterocycles. The number of ether oxygens (including phenoxy) is 1. The Morgan fingerprint density at radius 2 is 1.89 bits per heavy atom. The lowest BCUT2D eigenvalue weighted by Gasteiger charge is -2.18. The number of carboxylic acid groups (broad SMARTS) is 1. The van der Waals surface area contributed by atoms with Gasteiger partial charge in [-0.3, -0.25) is 9.59 Å². The molecule has 3 aromatic rings. The lowest BCUT2D eigenvalue weighted by molar-refractivity contribution is -0.137. The van der Waals surface area contributed by atoms with Gasteiger partial charge in [0.05, 0.1) is 18.7 Å². The number of rotatable bonds is 9. The van der Waals surface area contributed by atoms with Gasteiger partial charge in [-0.25, -0.2) is 4.39 Å². The summed E-state index contributed by atoms with van der Waals surface area (Å²) in [5.74, 6) is -2.14. The molecule has 0 saturated heterocycles. The van der Waals surface area contributed by atoms with Crippen LogP contribution >= 0.6 is 11.3 Å². The predicted molar refractivity (Wildman–Crippen MR) is 127 cm³/mol. The molecular formula is C25H22F4N2O4S. The highest BCUT2D eigenvalue weighted by Gasteiger charge is 2.36. The van der Waals surface area contributed by atoms with Crippen molar-refractivity contribution in [3.05, 3.63) is 69.7 Å². The lowest BCUT2D eigenvalue weighted by atomic mass is 10.1. The number of amides is 1. The van der Waals surface area contributed by atoms with Gasteiger partial charge in [-0.2, -0.15) is 13.2 Å². The number of carbonyl (C=O) groups excluding carboxylic acids is 1. The molecule has 0 spiro atoms. The van der Waals surface area contributed by atoms with E-state index < -0.39 is 22.8 Å². The van der Waals surface area contributed by atoms with Crippen LogP contribution in [-0.4, -0.2) is 36.6 Å². The number of nitrogens with zero attached hydrogens (tertiary/aromatic N) is 1. The molecule has 0 atom stereocenters. The van der Waals surface area contributed by atoms with E-state index >= 15 is 0 Å². The van der Waals surface area contributed by atoms with E-state index in [1.54, 1.807) is 30.3 Å². The fourth-order valence-electron chi connectivity index (χ4n) is 3.95. The van der Waals surface area contributed by atoms with Crippen molar-refractivity contribution in [2.75, 3.05) is 24.5 Å². The number of hydrogen-bond donors (Lipinski definition) is 2. The first-order valence-corrected chi connectivity index (χ1v) is 11.9. The van der Waals surface area contributed by atoms with Crippen molar-refractivity contribution >= 4 is 28.9 Å². The molecule has 0 saturated carbocycles. The second-order valence-corrected chi connectivity index (χ2v) is 9.27. The van der Waals surface area contributed by atoms with Crippen LogP contribution in [0.4, 0.5) is 23.2 Å². The number of alkyl halides is 3. The normalized spacial score (nSPS) is 13.1. The Labute approximate surface area is 208 Å². The second kappa shape index (κ2) is 10.7. The van der Waals surface area contributed by atoms with Gasteiger partial charge in [-0.05, 0) is 29.7 Å². The van der Waals surface area contributed by atoms with E-state index in [9.17, 15) is 27.2 Å². The van der Waals surface area contributed by atoms with Crippen molar-refractivity contribution in [1.82, 2.24) is 5.32 Å². The number of anilines is 1. The second-order valence-electron chi connectivity index (χ2n) is 8.14. The number of hydrogen-bond acceptors (Lipinski definition) is 5. The van der Waals surface area contributed by atoms with Crippen molar-refractivity contribution in [2.24, 2.45) is 0 Å². The molecule has 190 valence electrons. The summed E-state index contributed by atoms with van der Waals surface area (Å²) in [6.07, 6.45) is -4.20. The predicted octanol–water partition coefficient (Wildman–Crippen LogP) is 5.11. The topological polar surface area (TPSA) is 78.9 Å². The molecule has 0 unspecified atom stereocenters. The molecule has 2 heterocycles. The number of nitrogens with one attached hydrogen (secondary N) is 1. The summed E-state index contributed by atoms with van der Waals surface area (Å²) < 4.78 is 61.2. The summed E-state index contributed by atoms with van der Waals surface area (Å²) >= 11 is 0.558. The van der Waals surface area contributed by atoms with Crippen LogP contribution in [-0.2, 0) is 28.8 Å². The minimum atomic E-state index is -4.54. The molecule has 1 amide bonds. The Morgan fingerprint density at radius 3 is 2.58 bits per heavy atom. The minimum absolute atomic E-state index is 0.0484. The molecule has 0 bridgehead atoms. The highest BCUT2D eigenvalue weighted by molar-refractivity contribution is 7.12. The Bertz CT molecular complexity index is 1260. The maximum Gasteiger partial charge on any atom is 0.426 e. The van der Waals surface area contributed by atoms with Gasteiger partial charge < -0.3 is 20.1 Å². The molecule has 0 aliphatic carbocycles. The van der Waals surface area contributed by atoms with E-state index in [1.165, 1.54) is 23.1 Å². The van der Waals surface area contributed by atoms with Gasteiger partial charge in [0, 0.05) is 29.6 Å². The van der Waals surface area contributed by atoms with Crippen LogP contribution in [0, 0.1) is 5.82 Å². The molecule has 4 rings (SSSR count). The quantitative estimate of drug-likeness (QED) is 0.302. The molecule has 11 heteroatoms. The third kappa shape index (κ3) is 5.85. The van der Waals surface area contributed by atoms with Crippen LogP contribution in [0.3, 0.4) is 0 Å². The standard InChI is InChI=1S/C25H22F4N2O4S/c26-19-12-20-16(7-9-31(20)22(32)13-30-8-6-23(33)34)10-21(19)35-14-17-11-18(15-4-2-1-3-5-15)24(36-17)25(27,28)29/h1-5,10-12,30H,6-9,13-14H2,(H,33,34). The van der Waals surface area contributed by atoms with E-state index in [1.807, 2.05) is 0 Å². The van der Waals surface area contributed by atoms with Crippen LogP contribution in [0.15, 0.2) is 48.5 Å². The zero-order chi connectivity index (χ0) is 25.9. The highest BCUT2D eigenvalue weighted by Crippen LogP contribution is 2.43. The van der Waals surface area contributed by atoms with Gasteiger partial charge in [0.25, 0.3) is 0 Å². The monoisotopic (exact) mass is 522 g/mol. The van der Waals surface area contributed by atoms with Gasteiger partial charge in [0.1, 0.15) is 11.5 Å². The summed E-state index contributed by atoms with van der Waals surface area (Å²) in [6, 6.07) is 12.3. The summed E-state index contributed by atoms with van der Waals surface area (Å²) in [4.78, 5) is 24.0. The van der Waals surface area contributed by atoms with E-state index in [2.05, 4.69) is 5.32 Å². The minimum Gasteiger partial charge on any atom is -0.485 e. The van der Waals surface area contributed by atoms with Gasteiger partial charge in [-0.15, -0.1) is 11.3 Å². The molecule has 6 nitrogen and oxygen atoms in total. The molecule has 0 fully saturated rings. The maximum atomic E-state index is 14.8. The number of fused-ring (bicyclic) bond motifs is 1. The number of aliphatic carboxylic acids is 1. The number of carbonyl (C=O) groups is 2. The average Bonchev–Trinajstić information content (AvgIpc) is 3.45. The fraction of sp³-hybridized carbons (Fsp3) is 0.280. The number of carboxylic acids is 1. The van der Waals surface area contributed by atoms with Gasteiger partial charge in [-0.1, -0.05) is 30.3 Å². The van der Waals surface area contributed by atoms with E-state index in [4.69, 9.17) is 9.84 Å². The van der Waals surface area contributed by atoms with Crippen LogP contribution in [0.25, 0.3) is 11.1 Å². The number of benzene rings is 2. The first kappa shape index (κ1) is 25.6. The van der Waals surface area contributed by atoms with Crippen molar-refractivity contribution in [3.8, 4) is 16.9 Å². The van der Waals surface area contributed by atoms with Crippen LogP contribution in [0.2, 0.25) is 0 Å². The third-order valence-corrected chi connectivity index (χ3v) is 6.77. The van der Waals surface area contributed by atoms with Crippen molar-refractivity contribution < 1.29 is 37.0 Å². The smallest absolute Gasteiger partial charge is 0.426 e. The van der Waals surface area contributed by atoms with Gasteiger partial charge >= 0.3 is 12.1 Å². The molecule has 2 N–H and O–H groups in total. The van der Waals surface area contributed by atoms with Crippen molar-refractivity contribution in [2.45, 2.75) is 25.6 Å². The summed E-state index contributed by atoms with van der Waals surface area (Å²) in [7, 11) is 0. The zero-order valence-corrected chi connectivity index (χ0v) is 19.7. The SMILES string of the molecule is O=C(O)CCNCC(=O)N1CCc2cc(OCc3cc(-c4ccccc4)c(C(F)(F)F)s3)c(F)cc21. The zero-order valence-electron chi connectivity index (χ0n) is 18.9. The molecule has 1 aromatic heterocycles. The molecule has 0 radical (unpaired) electrons. The van der Waals surface area contributed by atoms with Crippen molar-refractivity contribution in [1.29, 1.82) is 0 Å². The first-order valence-electron chi connectivity index (χ1n) is 11.1. The van der Waals surface area contributed by atoms with Gasteiger partial charge in [0.2, 0.25) is 5.91 Å². The number of halogens is 4. The molecule has 1 aliphatic rings. The number of thiophene rings is 1. The average molecular weight is 523 g/mol. The molecule has 2 aromatic carbocycles. The Kier molecular flexibility index (Phi) is 7.60. The Balaban J connectivity index is 1.46. The summed E-state index contributed by atoms with van der Waals surface area (Å²) in [6.45, 7) is 0.133. The summed E-state index contributed by atoms with van der Waals surface area (Å²) in [5, 5.41) is 11.4. The Hall–Kier alpha value is -3.44. The Morgan fingerprint density at radius 1 is 1.14 bits per heavy atom. The molecular weight excluding hydrogens is 500 g/mol. The lowest BCUT2D eigenvalue weighted by Crippen LogP contribution is -2.37. The fourth-order valence-corrected chi connectivity index (χ4v) is 4.91. The van der Waals surface area contributed by atoms with Crippen molar-refractivity contribution in [3.63, 3.8) is 0 Å². The third-order valence-electron chi connectivity index (χ3n) is 5.62. The van der Waals surface area contributed by atoms with Crippen LogP contribution < -0.4 is 15.0 Å². The maximum absolute atomic E-state index is 14.8. The van der Waals surface area contributed by atoms with E-state index in [0.29, 0.717) is 46.0 Å². The molecule has 36 heavy (non-hydrogen) atoms. The van der Waals surface area contributed by atoms with E-state index in [0.717, 1.165) is 0 Å². The van der Waals surface area contributed by atoms with E-state index in [-0.39, 0.29) is 43.3 Å². The first-order chi connectivity index (χ1) is 17.1. The summed E-state index contributed by atoms with van der Waals surface area (Å²) in [5.41, 5.74) is 1.55. The highest BCUT2D eigenvalue weighted by atomic mass is 32.1. The largest absolute Gasteiger partial charge is 0.485 e. The van der Waals surface area contributed by atoms with Crippen LogP contribution in [0.1, 0.15) is 21.7 Å². The van der Waals surface area contributed by atoms with Crippen LogP contribution in [0.5, 0.6) is 5.75 Å². The van der Waals surface area contributed by atoms with Gasteiger partial charge in [0.15, 0.2) is 11.6 Å².